The Kier molecular flexibility index (Phi) is 14.5. The highest BCUT2D eigenvalue weighted by molar-refractivity contribution is 5.96. The Hall–Kier alpha value is -2.88. The predicted octanol–water partition coefficient (Wildman–Crippen LogP) is -1.36. The zero-order valence-electron chi connectivity index (χ0n) is 18.3. The zero-order chi connectivity index (χ0) is 22.6. The molecule has 33 heavy (non-hydrogen) atoms. The maximum Gasteiger partial charge on any atom is 0.412 e. The second kappa shape index (κ2) is 15.8. The normalized spacial score (nSPS) is 11.7. The number of benzene rings is 1. The Labute approximate surface area is 205 Å². The van der Waals surface area contributed by atoms with E-state index in [1.54, 1.807) is 17.0 Å². The number of nitrogens with two attached hydrogens (primary N) is 1. The fraction of sp³-hybridized carbons (Fsp3) is 0.364. The maximum atomic E-state index is 12.3. The summed E-state index contributed by atoms with van der Waals surface area (Å²) in [7, 11) is 0. The van der Waals surface area contributed by atoms with Gasteiger partial charge in [-0.2, -0.15) is 4.57 Å². The lowest BCUT2D eigenvalue weighted by Crippen LogP contribution is -3.00. The van der Waals surface area contributed by atoms with Crippen molar-refractivity contribution in [3.8, 4) is 0 Å². The lowest BCUT2D eigenvalue weighted by Gasteiger charge is -2.14. The maximum absolute atomic E-state index is 12.3. The number of hydrogen-bond acceptors (Lipinski definition) is 5. The molecule has 1 aromatic carbocycles. The molecular formula is C22H30Cl2N4O5. The van der Waals surface area contributed by atoms with Gasteiger partial charge in [0.15, 0.2) is 12.4 Å². The van der Waals surface area contributed by atoms with Gasteiger partial charge in [0, 0.05) is 18.2 Å². The van der Waals surface area contributed by atoms with E-state index >= 15 is 0 Å². The molecule has 0 radical (unpaired) electrons. The molecule has 1 heterocycles. The second-order valence-electron chi connectivity index (χ2n) is 7.19. The average Bonchev–Trinajstić information content (AvgIpc) is 2.75. The number of nitrogens with one attached hydrogen (secondary N) is 2. The lowest BCUT2D eigenvalue weighted by molar-refractivity contribution is -0.727. The molecule has 2 aromatic rings. The summed E-state index contributed by atoms with van der Waals surface area (Å²) in [5.74, 6) is -1.60. The number of rotatable bonds is 11. The number of aromatic nitrogens is 1. The van der Waals surface area contributed by atoms with Crippen LogP contribution >= 0.6 is 12.4 Å². The number of carbonyl (C=O) groups is 3. The molecule has 2 atom stereocenters. The van der Waals surface area contributed by atoms with Crippen LogP contribution in [0, 0.1) is 0 Å². The summed E-state index contributed by atoms with van der Waals surface area (Å²) in [5.41, 5.74) is 6.82. The highest BCUT2D eigenvalue weighted by atomic mass is 35.5. The van der Waals surface area contributed by atoms with Gasteiger partial charge < -0.3 is 38.6 Å². The number of halogens is 2. The number of ether oxygens (including phenoxy) is 1. The van der Waals surface area contributed by atoms with E-state index < -0.39 is 24.0 Å². The van der Waals surface area contributed by atoms with Gasteiger partial charge in [-0.15, -0.1) is 12.4 Å². The van der Waals surface area contributed by atoms with E-state index in [4.69, 9.17) is 10.5 Å². The predicted molar refractivity (Wildman–Crippen MR) is 120 cm³/mol. The van der Waals surface area contributed by atoms with E-state index in [2.05, 4.69) is 10.6 Å². The SMILES string of the molecule is C[C@@H](Cc1ccccc1)NC(=O)OC[n+]1ccc(C(=O)N[C@@H](CCCN)C(=O)O)cc1.Cl.[Cl-]. The Morgan fingerprint density at radius 1 is 1.09 bits per heavy atom. The van der Waals surface area contributed by atoms with E-state index in [1.165, 1.54) is 12.1 Å². The first-order chi connectivity index (χ1) is 14.9. The smallest absolute Gasteiger partial charge is 0.412 e. The summed E-state index contributed by atoms with van der Waals surface area (Å²) in [5, 5.41) is 14.4. The monoisotopic (exact) mass is 500 g/mol. The van der Waals surface area contributed by atoms with Crippen LogP contribution in [-0.2, 0) is 22.7 Å². The third kappa shape index (κ3) is 11.0. The molecule has 2 rings (SSSR count). The average molecular weight is 501 g/mol. The highest BCUT2D eigenvalue weighted by Gasteiger charge is 2.20. The number of aliphatic carboxylic acids is 1. The van der Waals surface area contributed by atoms with Crippen LogP contribution in [0.1, 0.15) is 35.7 Å². The first-order valence-electron chi connectivity index (χ1n) is 10.1. The van der Waals surface area contributed by atoms with Gasteiger partial charge in [0.05, 0.1) is 5.56 Å². The van der Waals surface area contributed by atoms with Gasteiger partial charge in [-0.05, 0) is 38.3 Å². The van der Waals surface area contributed by atoms with Gasteiger partial charge in [-0.25, -0.2) is 9.59 Å². The van der Waals surface area contributed by atoms with Gasteiger partial charge >= 0.3 is 12.1 Å². The van der Waals surface area contributed by atoms with Crippen molar-refractivity contribution < 1.29 is 41.2 Å². The highest BCUT2D eigenvalue weighted by Crippen LogP contribution is 2.03. The molecule has 0 bridgehead atoms. The van der Waals surface area contributed by atoms with Gasteiger partial charge in [0.2, 0.25) is 0 Å². The number of carboxylic acid groups (broad SMARTS) is 1. The Balaban J connectivity index is 0.00000512. The molecular weight excluding hydrogens is 471 g/mol. The summed E-state index contributed by atoms with van der Waals surface area (Å²) >= 11 is 0. The van der Waals surface area contributed by atoms with Crippen molar-refractivity contribution in [2.75, 3.05) is 6.54 Å². The van der Waals surface area contributed by atoms with Crippen LogP contribution in [0.15, 0.2) is 54.9 Å². The molecule has 11 heteroatoms. The van der Waals surface area contributed by atoms with Crippen molar-refractivity contribution in [1.29, 1.82) is 0 Å². The summed E-state index contributed by atoms with van der Waals surface area (Å²) in [4.78, 5) is 35.5. The summed E-state index contributed by atoms with van der Waals surface area (Å²) in [6.45, 7) is 2.22. The summed E-state index contributed by atoms with van der Waals surface area (Å²) in [6.07, 6.45) is 4.05. The number of pyridine rings is 1. The van der Waals surface area contributed by atoms with E-state index in [0.717, 1.165) is 5.56 Å². The number of amides is 2. The standard InChI is InChI=1S/C22H28N4O5.2ClH/c1-16(14-17-6-3-2-4-7-17)24-22(30)31-15-26-12-9-18(10-13-26)20(27)25-19(21(28)29)8-5-11-23;;/h2-4,6-7,9-10,12-13,16,19H,5,8,11,14-15,23H2,1H3,(H2-,24,25,27,28,29,30);2*1H/t16-,19-;;/m0../s1. The van der Waals surface area contributed by atoms with Crippen LogP contribution in [0.5, 0.6) is 0 Å². The molecule has 9 nitrogen and oxygen atoms in total. The third-order valence-corrected chi connectivity index (χ3v) is 4.55. The largest absolute Gasteiger partial charge is 1.00 e. The lowest BCUT2D eigenvalue weighted by atomic mass is 10.1. The minimum Gasteiger partial charge on any atom is -1.00 e. The van der Waals surface area contributed by atoms with Crippen LogP contribution in [0.3, 0.4) is 0 Å². The fourth-order valence-corrected chi connectivity index (χ4v) is 2.91. The minimum absolute atomic E-state index is 0. The van der Waals surface area contributed by atoms with Crippen molar-refractivity contribution in [1.82, 2.24) is 10.6 Å². The number of alkyl carbamates (subject to hydrolysis) is 1. The molecule has 5 N–H and O–H groups in total. The van der Waals surface area contributed by atoms with Crippen molar-refractivity contribution in [3.05, 3.63) is 66.0 Å². The topological polar surface area (TPSA) is 135 Å². The number of hydrogen-bond donors (Lipinski definition) is 4. The Morgan fingerprint density at radius 3 is 2.30 bits per heavy atom. The van der Waals surface area contributed by atoms with Gasteiger partial charge in [-0.3, -0.25) is 4.79 Å². The molecule has 0 aliphatic rings. The van der Waals surface area contributed by atoms with E-state index in [1.807, 2.05) is 37.3 Å². The summed E-state index contributed by atoms with van der Waals surface area (Å²) in [6, 6.07) is 11.8. The molecule has 0 saturated carbocycles. The van der Waals surface area contributed by atoms with Gasteiger partial charge in [0.1, 0.15) is 6.04 Å². The number of carboxylic acids is 1. The molecule has 0 unspecified atom stereocenters. The Morgan fingerprint density at radius 2 is 1.73 bits per heavy atom. The van der Waals surface area contributed by atoms with E-state index in [-0.39, 0.29) is 44.0 Å². The second-order valence-corrected chi connectivity index (χ2v) is 7.19. The molecule has 0 saturated heterocycles. The molecule has 182 valence electrons. The minimum atomic E-state index is -1.10. The van der Waals surface area contributed by atoms with Crippen LogP contribution in [0.4, 0.5) is 4.79 Å². The molecule has 0 aliphatic heterocycles. The first-order valence-corrected chi connectivity index (χ1v) is 10.1. The first kappa shape index (κ1) is 30.1. The van der Waals surface area contributed by atoms with Crippen LogP contribution < -0.4 is 33.3 Å². The Bertz CT molecular complexity index is 869. The molecule has 0 spiro atoms. The van der Waals surface area contributed by atoms with Crippen molar-refractivity contribution in [2.24, 2.45) is 5.73 Å². The van der Waals surface area contributed by atoms with E-state index in [9.17, 15) is 19.5 Å². The van der Waals surface area contributed by atoms with Gasteiger partial charge in [-0.1, -0.05) is 30.3 Å². The number of nitrogens with zero attached hydrogens (tertiary/aromatic N) is 1. The van der Waals surface area contributed by atoms with Crippen LogP contribution in [-0.4, -0.2) is 41.7 Å². The molecule has 0 fully saturated rings. The molecule has 2 amide bonds. The van der Waals surface area contributed by atoms with Crippen LogP contribution in [0.2, 0.25) is 0 Å². The third-order valence-electron chi connectivity index (χ3n) is 4.55. The molecule has 1 aromatic heterocycles. The van der Waals surface area contributed by atoms with E-state index in [0.29, 0.717) is 24.9 Å². The van der Waals surface area contributed by atoms with Crippen LogP contribution in [0.25, 0.3) is 0 Å². The zero-order valence-corrected chi connectivity index (χ0v) is 19.8. The number of carbonyl (C=O) groups excluding carboxylic acids is 2. The van der Waals surface area contributed by atoms with Crippen molar-refractivity contribution >= 4 is 30.4 Å². The summed E-state index contributed by atoms with van der Waals surface area (Å²) < 4.78 is 6.78. The van der Waals surface area contributed by atoms with Crippen molar-refractivity contribution in [2.45, 2.75) is 45.0 Å². The van der Waals surface area contributed by atoms with Crippen molar-refractivity contribution in [3.63, 3.8) is 0 Å². The van der Waals surface area contributed by atoms with Gasteiger partial charge in [0.25, 0.3) is 12.6 Å². The fourth-order valence-electron chi connectivity index (χ4n) is 2.91. The quantitative estimate of drug-likeness (QED) is 0.281. The molecule has 0 aliphatic carbocycles.